The first kappa shape index (κ1) is 29.1. The van der Waals surface area contributed by atoms with Crippen molar-refractivity contribution in [3.05, 3.63) is 39.7 Å². The molecule has 5 rings (SSSR count). The van der Waals surface area contributed by atoms with Crippen LogP contribution >= 0.6 is 0 Å². The summed E-state index contributed by atoms with van der Waals surface area (Å²) in [5.41, 5.74) is 4.36. The van der Waals surface area contributed by atoms with Gasteiger partial charge in [-0.1, -0.05) is 13.8 Å². The number of aliphatic hydroxyl groups excluding tert-OH is 2. The van der Waals surface area contributed by atoms with Gasteiger partial charge in [0.05, 0.1) is 11.6 Å². The second-order valence-corrected chi connectivity index (χ2v) is 13.4. The Bertz CT molecular complexity index is 1420. The number of hydrogen-bond acceptors (Lipinski definition) is 9. The minimum absolute atomic E-state index is 0.0674. The van der Waals surface area contributed by atoms with Crippen molar-refractivity contribution in [1.29, 1.82) is 0 Å². The molecule has 0 aliphatic heterocycles. The number of aliphatic hydroxyl groups is 3. The molecule has 1 amide bonds. The molecule has 0 radical (unpaired) electrons. The zero-order valence-corrected chi connectivity index (χ0v) is 24.6. The van der Waals surface area contributed by atoms with Crippen molar-refractivity contribution in [3.8, 4) is 5.75 Å². The summed E-state index contributed by atoms with van der Waals surface area (Å²) in [6.07, 6.45) is 4.10. The first-order valence-corrected chi connectivity index (χ1v) is 14.2. The fourth-order valence-corrected chi connectivity index (χ4v) is 7.73. The van der Waals surface area contributed by atoms with E-state index in [1.807, 2.05) is 25.1 Å². The molecule has 4 aliphatic rings. The average molecular weight is 568 g/mol. The minimum Gasteiger partial charge on any atom is -0.508 e. The normalized spacial score (nSPS) is 30.5. The fourth-order valence-electron chi connectivity index (χ4n) is 7.73. The molecule has 6 N–H and O–H groups in total. The maximum Gasteiger partial charge on any atom is 0.255 e. The van der Waals surface area contributed by atoms with E-state index in [1.54, 1.807) is 14.1 Å². The number of rotatable bonds is 6. The number of benzene rings is 1. The highest BCUT2D eigenvalue weighted by Crippen LogP contribution is 2.54. The van der Waals surface area contributed by atoms with E-state index in [0.29, 0.717) is 23.5 Å². The van der Waals surface area contributed by atoms with Gasteiger partial charge in [0.15, 0.2) is 11.4 Å². The summed E-state index contributed by atoms with van der Waals surface area (Å²) < 4.78 is 0. The van der Waals surface area contributed by atoms with Gasteiger partial charge in [0, 0.05) is 31.3 Å². The third kappa shape index (κ3) is 4.09. The van der Waals surface area contributed by atoms with Gasteiger partial charge in [-0.15, -0.1) is 0 Å². The number of anilines is 1. The van der Waals surface area contributed by atoms with Crippen LogP contribution in [-0.2, 0) is 27.2 Å². The molecule has 10 nitrogen and oxygen atoms in total. The molecule has 2 saturated carbocycles. The van der Waals surface area contributed by atoms with E-state index >= 15 is 0 Å². The van der Waals surface area contributed by atoms with Crippen LogP contribution in [0, 0.1) is 23.2 Å². The second kappa shape index (κ2) is 9.59. The van der Waals surface area contributed by atoms with E-state index in [9.17, 15) is 34.8 Å². The Hall–Kier alpha value is -3.37. The number of likely N-dealkylation sites (N-methyl/N-ethyl adjacent to an activating group) is 1. The highest BCUT2D eigenvalue weighted by atomic mass is 16.3. The van der Waals surface area contributed by atoms with Crippen LogP contribution in [0.15, 0.2) is 23.0 Å². The lowest BCUT2D eigenvalue weighted by atomic mass is 9.57. The van der Waals surface area contributed by atoms with E-state index in [-0.39, 0.29) is 35.1 Å². The predicted molar refractivity (Wildman–Crippen MR) is 153 cm³/mol. The molecule has 0 bridgehead atoms. The van der Waals surface area contributed by atoms with Gasteiger partial charge in [-0.3, -0.25) is 19.3 Å². The van der Waals surface area contributed by atoms with Gasteiger partial charge < -0.3 is 31.1 Å². The SMILES string of the molecule is CN(C)c1cc(CCC2CCC2(C)C)c(O)c2c1C[C@H]1C[C@H]3[C@H](N(C)C)C(=O)C(C(N)=O)=C(O)[C@@]3(O)C(=O)C1=C2O. The number of carbonyl (C=O) groups is 3. The number of phenolic OH excluding ortho intramolecular Hbond substituents is 1. The number of Topliss-reactive ketones (excluding diaryl/α,β-unsaturated/α-hetero) is 2. The number of ketones is 2. The second-order valence-electron chi connectivity index (χ2n) is 13.4. The molecule has 1 unspecified atom stereocenters. The molecule has 1 aromatic rings. The molecule has 0 saturated heterocycles. The number of amides is 1. The summed E-state index contributed by atoms with van der Waals surface area (Å²) >= 11 is 0. The van der Waals surface area contributed by atoms with E-state index in [0.717, 1.165) is 24.9 Å². The number of primary amides is 1. The summed E-state index contributed by atoms with van der Waals surface area (Å²) in [4.78, 5) is 43.0. The maximum absolute atomic E-state index is 14.1. The van der Waals surface area contributed by atoms with Crippen molar-refractivity contribution in [2.24, 2.45) is 28.9 Å². The fraction of sp³-hybridized carbons (Fsp3) is 0.581. The van der Waals surface area contributed by atoms with Crippen LogP contribution in [-0.4, -0.2) is 82.6 Å². The zero-order chi connectivity index (χ0) is 30.3. The average Bonchev–Trinajstić information content (AvgIpc) is 2.86. The molecular formula is C31H41N3O7. The van der Waals surface area contributed by atoms with E-state index in [2.05, 4.69) is 13.8 Å². The van der Waals surface area contributed by atoms with Gasteiger partial charge in [0.2, 0.25) is 5.78 Å². The van der Waals surface area contributed by atoms with Crippen molar-refractivity contribution >= 4 is 28.9 Å². The van der Waals surface area contributed by atoms with Crippen molar-refractivity contribution in [1.82, 2.24) is 4.90 Å². The van der Waals surface area contributed by atoms with Crippen LogP contribution in [0.25, 0.3) is 5.76 Å². The Morgan fingerprint density at radius 2 is 1.78 bits per heavy atom. The third-order valence-corrected chi connectivity index (χ3v) is 10.3. The Labute approximate surface area is 240 Å². The Morgan fingerprint density at radius 3 is 2.29 bits per heavy atom. The number of aromatic hydroxyl groups is 1. The summed E-state index contributed by atoms with van der Waals surface area (Å²) in [6, 6.07) is 0.840. The standard InChI is InChI=1S/C31H41N3O7/c1-30(2)10-9-16(30)8-7-14-13-19(33(3)4)17-11-15-12-18-23(34(5)6)26(37)22(29(32)40)28(39)31(18,41)27(38)20(15)25(36)21(17)24(14)35/h13,15-16,18,23,35-36,39,41H,7-12H2,1-6H3,(H2,32,40)/t15-,16?,18-,23-,31-/m0/s1. The van der Waals surface area contributed by atoms with Gasteiger partial charge in [0.1, 0.15) is 22.8 Å². The number of phenols is 1. The topological polar surface area (TPSA) is 165 Å². The summed E-state index contributed by atoms with van der Waals surface area (Å²) in [6.45, 7) is 4.49. The van der Waals surface area contributed by atoms with Gasteiger partial charge in [-0.25, -0.2) is 0 Å². The lowest BCUT2D eigenvalue weighted by Crippen LogP contribution is -2.65. The number of aryl methyl sites for hydroxylation is 1. The Morgan fingerprint density at radius 1 is 1.12 bits per heavy atom. The van der Waals surface area contributed by atoms with Crippen LogP contribution < -0.4 is 10.6 Å². The van der Waals surface area contributed by atoms with Crippen LogP contribution in [0.4, 0.5) is 5.69 Å². The third-order valence-electron chi connectivity index (χ3n) is 10.3. The van der Waals surface area contributed by atoms with Crippen molar-refractivity contribution in [2.45, 2.75) is 64.0 Å². The minimum atomic E-state index is -2.64. The molecule has 0 spiro atoms. The molecule has 2 fully saturated rings. The molecule has 222 valence electrons. The molecule has 41 heavy (non-hydrogen) atoms. The van der Waals surface area contributed by atoms with Crippen LogP contribution in [0.5, 0.6) is 5.75 Å². The summed E-state index contributed by atoms with van der Waals surface area (Å²) in [5.74, 6) is -5.81. The molecule has 4 aliphatic carbocycles. The maximum atomic E-state index is 14.1. The Kier molecular flexibility index (Phi) is 6.82. The van der Waals surface area contributed by atoms with Gasteiger partial charge in [-0.2, -0.15) is 0 Å². The molecule has 0 heterocycles. The smallest absolute Gasteiger partial charge is 0.255 e. The zero-order valence-electron chi connectivity index (χ0n) is 24.6. The summed E-state index contributed by atoms with van der Waals surface area (Å²) in [7, 11) is 6.93. The highest BCUT2D eigenvalue weighted by molar-refractivity contribution is 6.24. The van der Waals surface area contributed by atoms with Crippen LogP contribution in [0.3, 0.4) is 0 Å². The molecule has 5 atom stereocenters. The Balaban J connectivity index is 1.66. The number of nitrogens with two attached hydrogens (primary N) is 1. The van der Waals surface area contributed by atoms with E-state index in [1.165, 1.54) is 4.90 Å². The number of fused-ring (bicyclic) bond motifs is 3. The lowest BCUT2D eigenvalue weighted by Gasteiger charge is -2.50. The first-order chi connectivity index (χ1) is 19.0. The predicted octanol–water partition coefficient (Wildman–Crippen LogP) is 2.40. The first-order valence-electron chi connectivity index (χ1n) is 14.2. The van der Waals surface area contributed by atoms with E-state index in [4.69, 9.17) is 5.73 Å². The quantitative estimate of drug-likeness (QED) is 0.325. The van der Waals surface area contributed by atoms with Gasteiger partial charge in [-0.05, 0) is 87.1 Å². The molecule has 10 heteroatoms. The van der Waals surface area contributed by atoms with Crippen LogP contribution in [0.2, 0.25) is 0 Å². The van der Waals surface area contributed by atoms with Gasteiger partial charge >= 0.3 is 0 Å². The van der Waals surface area contributed by atoms with Crippen molar-refractivity contribution in [3.63, 3.8) is 0 Å². The largest absolute Gasteiger partial charge is 0.508 e. The molecular weight excluding hydrogens is 526 g/mol. The van der Waals surface area contributed by atoms with Gasteiger partial charge in [0.25, 0.3) is 5.91 Å². The number of carbonyl (C=O) groups excluding carboxylic acids is 3. The summed E-state index contributed by atoms with van der Waals surface area (Å²) in [5, 5.41) is 46.0. The van der Waals surface area contributed by atoms with Crippen molar-refractivity contribution < 1.29 is 34.8 Å². The van der Waals surface area contributed by atoms with Crippen LogP contribution in [0.1, 0.15) is 56.2 Å². The van der Waals surface area contributed by atoms with E-state index < -0.39 is 58.0 Å². The molecule has 0 aromatic heterocycles. The molecule has 1 aromatic carbocycles. The monoisotopic (exact) mass is 567 g/mol. The number of nitrogens with zero attached hydrogens (tertiary/aromatic N) is 2. The lowest BCUT2D eigenvalue weighted by molar-refractivity contribution is -0.153. The highest BCUT2D eigenvalue weighted by Gasteiger charge is 2.64. The number of hydrogen-bond donors (Lipinski definition) is 5. The van der Waals surface area contributed by atoms with Crippen molar-refractivity contribution in [2.75, 3.05) is 33.1 Å².